The molecule has 1 aliphatic rings. The Kier molecular flexibility index (Phi) is 2.80. The van der Waals surface area contributed by atoms with Crippen molar-refractivity contribution in [1.29, 1.82) is 0 Å². The van der Waals surface area contributed by atoms with Gasteiger partial charge >= 0.3 is 0 Å². The molecular formula is C9H18N2. The Morgan fingerprint density at radius 3 is 2.45 bits per heavy atom. The first-order chi connectivity index (χ1) is 5.24. The molecular weight excluding hydrogens is 136 g/mol. The summed E-state index contributed by atoms with van der Waals surface area (Å²) in [5, 5.41) is 0. The third-order valence-electron chi connectivity index (χ3n) is 2.44. The number of nitrogens with two attached hydrogens (primary N) is 1. The molecule has 0 atom stereocenters. The number of allylic oxidation sites excluding steroid dienone is 1. The summed E-state index contributed by atoms with van der Waals surface area (Å²) >= 11 is 0. The molecule has 0 saturated carbocycles. The van der Waals surface area contributed by atoms with Gasteiger partial charge in [0.1, 0.15) is 0 Å². The van der Waals surface area contributed by atoms with E-state index in [-0.39, 0.29) is 0 Å². The SMILES string of the molecule is C/C=C(\N)N1CCC(C)CC1. The minimum absolute atomic E-state index is 0.885. The van der Waals surface area contributed by atoms with Gasteiger partial charge in [-0.25, -0.2) is 0 Å². The Balaban J connectivity index is 2.39. The fraction of sp³-hybridized carbons (Fsp3) is 0.778. The van der Waals surface area contributed by atoms with Crippen molar-refractivity contribution in [3.05, 3.63) is 11.9 Å². The summed E-state index contributed by atoms with van der Waals surface area (Å²) in [6, 6.07) is 0. The van der Waals surface area contributed by atoms with E-state index in [0.29, 0.717) is 0 Å². The monoisotopic (exact) mass is 154 g/mol. The molecule has 0 unspecified atom stereocenters. The first-order valence-electron chi connectivity index (χ1n) is 4.40. The van der Waals surface area contributed by atoms with Gasteiger partial charge in [-0.3, -0.25) is 0 Å². The summed E-state index contributed by atoms with van der Waals surface area (Å²) in [6.45, 7) is 6.57. The number of rotatable bonds is 1. The Morgan fingerprint density at radius 1 is 1.45 bits per heavy atom. The summed E-state index contributed by atoms with van der Waals surface area (Å²) < 4.78 is 0. The van der Waals surface area contributed by atoms with E-state index in [2.05, 4.69) is 11.8 Å². The average Bonchev–Trinajstić information content (AvgIpc) is 2.05. The number of hydrogen-bond donors (Lipinski definition) is 1. The van der Waals surface area contributed by atoms with Crippen molar-refractivity contribution in [2.45, 2.75) is 26.7 Å². The van der Waals surface area contributed by atoms with Crippen LogP contribution in [-0.4, -0.2) is 18.0 Å². The summed E-state index contributed by atoms with van der Waals surface area (Å²) in [4.78, 5) is 2.26. The first kappa shape index (κ1) is 8.44. The van der Waals surface area contributed by atoms with Crippen LogP contribution < -0.4 is 5.73 Å². The van der Waals surface area contributed by atoms with Crippen molar-refractivity contribution in [1.82, 2.24) is 4.90 Å². The second-order valence-electron chi connectivity index (χ2n) is 3.38. The Morgan fingerprint density at radius 2 is 2.00 bits per heavy atom. The average molecular weight is 154 g/mol. The second-order valence-corrected chi connectivity index (χ2v) is 3.38. The van der Waals surface area contributed by atoms with Crippen LogP contribution >= 0.6 is 0 Å². The van der Waals surface area contributed by atoms with E-state index in [1.54, 1.807) is 0 Å². The highest BCUT2D eigenvalue weighted by atomic mass is 15.2. The second kappa shape index (κ2) is 3.65. The fourth-order valence-corrected chi connectivity index (χ4v) is 1.45. The van der Waals surface area contributed by atoms with Crippen LogP contribution in [0.3, 0.4) is 0 Å². The maximum Gasteiger partial charge on any atom is 0.0942 e. The summed E-state index contributed by atoms with van der Waals surface area (Å²) in [6.07, 6.45) is 4.55. The Labute approximate surface area is 69.1 Å². The molecule has 1 aliphatic heterocycles. The highest BCUT2D eigenvalue weighted by Crippen LogP contribution is 2.17. The van der Waals surface area contributed by atoms with Crippen molar-refractivity contribution in [3.63, 3.8) is 0 Å². The molecule has 0 radical (unpaired) electrons. The van der Waals surface area contributed by atoms with Gasteiger partial charge in [0.15, 0.2) is 0 Å². The molecule has 0 bridgehead atoms. The normalized spacial score (nSPS) is 22.4. The largest absolute Gasteiger partial charge is 0.386 e. The van der Waals surface area contributed by atoms with Gasteiger partial charge in [0.05, 0.1) is 5.82 Å². The third kappa shape index (κ3) is 2.14. The summed E-state index contributed by atoms with van der Waals surface area (Å²) in [5.74, 6) is 1.83. The molecule has 1 heterocycles. The van der Waals surface area contributed by atoms with E-state index in [4.69, 9.17) is 5.73 Å². The van der Waals surface area contributed by atoms with Crippen molar-refractivity contribution in [3.8, 4) is 0 Å². The van der Waals surface area contributed by atoms with Crippen LogP contribution in [0.15, 0.2) is 11.9 Å². The molecule has 1 saturated heterocycles. The summed E-state index contributed by atoms with van der Waals surface area (Å²) in [7, 11) is 0. The maximum absolute atomic E-state index is 5.78. The van der Waals surface area contributed by atoms with E-state index < -0.39 is 0 Å². The van der Waals surface area contributed by atoms with Crippen molar-refractivity contribution in [2.75, 3.05) is 13.1 Å². The molecule has 1 rings (SSSR count). The molecule has 2 nitrogen and oxygen atoms in total. The van der Waals surface area contributed by atoms with Gasteiger partial charge in [0.25, 0.3) is 0 Å². The van der Waals surface area contributed by atoms with Crippen LogP contribution in [0.4, 0.5) is 0 Å². The number of nitrogens with zero attached hydrogens (tertiary/aromatic N) is 1. The minimum Gasteiger partial charge on any atom is -0.386 e. The highest BCUT2D eigenvalue weighted by molar-refractivity contribution is 4.95. The number of likely N-dealkylation sites (tertiary alicyclic amines) is 1. The highest BCUT2D eigenvalue weighted by Gasteiger charge is 2.15. The molecule has 2 heteroatoms. The molecule has 0 aromatic heterocycles. The molecule has 0 amide bonds. The zero-order valence-corrected chi connectivity index (χ0v) is 7.51. The van der Waals surface area contributed by atoms with Gasteiger partial charge < -0.3 is 10.6 Å². The molecule has 0 spiro atoms. The Bertz CT molecular complexity index is 144. The number of hydrogen-bond acceptors (Lipinski definition) is 2. The minimum atomic E-state index is 0.885. The molecule has 64 valence electrons. The maximum atomic E-state index is 5.78. The van der Waals surface area contributed by atoms with Crippen LogP contribution in [0.2, 0.25) is 0 Å². The molecule has 0 aromatic rings. The molecule has 1 fully saturated rings. The Hall–Kier alpha value is -0.660. The fourth-order valence-electron chi connectivity index (χ4n) is 1.45. The van der Waals surface area contributed by atoms with E-state index in [1.807, 2.05) is 13.0 Å². The lowest BCUT2D eigenvalue weighted by molar-refractivity contribution is 0.235. The van der Waals surface area contributed by atoms with Gasteiger partial charge in [-0.2, -0.15) is 0 Å². The van der Waals surface area contributed by atoms with Crippen LogP contribution in [-0.2, 0) is 0 Å². The standard InChI is InChI=1S/C9H18N2/c1-3-9(10)11-6-4-8(2)5-7-11/h3,8H,4-7,10H2,1-2H3/b9-3+. The lowest BCUT2D eigenvalue weighted by Gasteiger charge is -2.31. The van der Waals surface area contributed by atoms with Gasteiger partial charge in [-0.1, -0.05) is 6.92 Å². The lowest BCUT2D eigenvalue weighted by Crippen LogP contribution is -2.35. The van der Waals surface area contributed by atoms with Crippen molar-refractivity contribution in [2.24, 2.45) is 11.7 Å². The van der Waals surface area contributed by atoms with E-state index in [1.165, 1.54) is 12.8 Å². The molecule has 0 aromatic carbocycles. The zero-order chi connectivity index (χ0) is 8.27. The lowest BCUT2D eigenvalue weighted by atomic mass is 9.99. The van der Waals surface area contributed by atoms with Crippen LogP contribution in [0, 0.1) is 5.92 Å². The van der Waals surface area contributed by atoms with Gasteiger partial charge in [-0.05, 0) is 31.8 Å². The van der Waals surface area contributed by atoms with Gasteiger partial charge in [0.2, 0.25) is 0 Å². The van der Waals surface area contributed by atoms with Gasteiger partial charge in [0, 0.05) is 13.1 Å². The van der Waals surface area contributed by atoms with E-state index in [9.17, 15) is 0 Å². The zero-order valence-electron chi connectivity index (χ0n) is 7.51. The smallest absolute Gasteiger partial charge is 0.0942 e. The predicted molar refractivity (Wildman–Crippen MR) is 47.9 cm³/mol. The van der Waals surface area contributed by atoms with Crippen LogP contribution in [0.25, 0.3) is 0 Å². The quantitative estimate of drug-likeness (QED) is 0.620. The van der Waals surface area contributed by atoms with Crippen LogP contribution in [0.5, 0.6) is 0 Å². The molecule has 2 N–H and O–H groups in total. The number of piperidine rings is 1. The van der Waals surface area contributed by atoms with Crippen molar-refractivity contribution >= 4 is 0 Å². The van der Waals surface area contributed by atoms with E-state index in [0.717, 1.165) is 24.8 Å². The summed E-state index contributed by atoms with van der Waals surface area (Å²) in [5.41, 5.74) is 5.78. The first-order valence-corrected chi connectivity index (χ1v) is 4.40. The van der Waals surface area contributed by atoms with Crippen molar-refractivity contribution < 1.29 is 0 Å². The predicted octanol–water partition coefficient (Wildman–Crippen LogP) is 1.54. The topological polar surface area (TPSA) is 29.3 Å². The van der Waals surface area contributed by atoms with Gasteiger partial charge in [-0.15, -0.1) is 0 Å². The third-order valence-corrected chi connectivity index (χ3v) is 2.44. The molecule has 0 aliphatic carbocycles. The van der Waals surface area contributed by atoms with Crippen LogP contribution in [0.1, 0.15) is 26.7 Å². The molecule has 11 heavy (non-hydrogen) atoms. The van der Waals surface area contributed by atoms with E-state index >= 15 is 0 Å².